The second-order valence-electron chi connectivity index (χ2n) is 4.65. The summed E-state index contributed by atoms with van der Waals surface area (Å²) in [6.45, 7) is 2.12. The molecule has 0 aliphatic rings. The standard InChI is InChI=1S/C17H17ClO/c1-2-13(14-6-4-3-5-7-14)12-17(19)15-8-10-16(18)11-9-15/h3-11,13H,2,12H2,1H3. The maximum Gasteiger partial charge on any atom is 0.163 e. The van der Waals surface area contributed by atoms with E-state index in [1.165, 1.54) is 5.56 Å². The van der Waals surface area contributed by atoms with Crippen LogP contribution in [0, 0.1) is 0 Å². The summed E-state index contributed by atoms with van der Waals surface area (Å²) in [4.78, 5) is 12.3. The number of rotatable bonds is 5. The molecular weight excluding hydrogens is 256 g/mol. The molecule has 2 rings (SSSR count). The van der Waals surface area contributed by atoms with E-state index in [1.54, 1.807) is 24.3 Å². The van der Waals surface area contributed by atoms with E-state index in [4.69, 9.17) is 11.6 Å². The lowest BCUT2D eigenvalue weighted by Gasteiger charge is -2.14. The molecule has 0 heterocycles. The smallest absolute Gasteiger partial charge is 0.163 e. The van der Waals surface area contributed by atoms with Gasteiger partial charge in [0.2, 0.25) is 0 Å². The van der Waals surface area contributed by atoms with Gasteiger partial charge in [0.25, 0.3) is 0 Å². The van der Waals surface area contributed by atoms with Gasteiger partial charge in [-0.05, 0) is 42.2 Å². The molecule has 0 bridgehead atoms. The molecule has 0 aliphatic heterocycles. The van der Waals surface area contributed by atoms with Gasteiger partial charge in [-0.2, -0.15) is 0 Å². The van der Waals surface area contributed by atoms with Gasteiger partial charge in [-0.1, -0.05) is 48.9 Å². The summed E-state index contributed by atoms with van der Waals surface area (Å²) in [5, 5.41) is 0.659. The van der Waals surface area contributed by atoms with Gasteiger partial charge < -0.3 is 0 Å². The maximum absolute atomic E-state index is 12.3. The number of ketones is 1. The molecule has 1 atom stereocenters. The fourth-order valence-electron chi connectivity index (χ4n) is 2.20. The van der Waals surface area contributed by atoms with Gasteiger partial charge in [0.1, 0.15) is 0 Å². The van der Waals surface area contributed by atoms with Crippen LogP contribution < -0.4 is 0 Å². The van der Waals surface area contributed by atoms with Crippen molar-refractivity contribution >= 4 is 17.4 Å². The molecule has 98 valence electrons. The first-order valence-corrected chi connectivity index (χ1v) is 6.92. The summed E-state index contributed by atoms with van der Waals surface area (Å²) < 4.78 is 0. The summed E-state index contributed by atoms with van der Waals surface area (Å²) in [6, 6.07) is 17.3. The van der Waals surface area contributed by atoms with Crippen LogP contribution in [-0.4, -0.2) is 5.78 Å². The van der Waals surface area contributed by atoms with Crippen molar-refractivity contribution < 1.29 is 4.79 Å². The third-order valence-electron chi connectivity index (χ3n) is 3.36. The van der Waals surface area contributed by atoms with Gasteiger partial charge in [0.15, 0.2) is 5.78 Å². The van der Waals surface area contributed by atoms with Crippen LogP contribution in [0.3, 0.4) is 0 Å². The molecule has 2 aromatic carbocycles. The molecule has 0 N–H and O–H groups in total. The van der Waals surface area contributed by atoms with Crippen molar-refractivity contribution in [2.24, 2.45) is 0 Å². The van der Waals surface area contributed by atoms with Crippen LogP contribution in [0.25, 0.3) is 0 Å². The predicted octanol–water partition coefficient (Wildman–Crippen LogP) is 5.11. The van der Waals surface area contributed by atoms with E-state index in [1.807, 2.05) is 18.2 Å². The van der Waals surface area contributed by atoms with Gasteiger partial charge in [-0.25, -0.2) is 0 Å². The van der Waals surface area contributed by atoms with Crippen LogP contribution in [-0.2, 0) is 0 Å². The van der Waals surface area contributed by atoms with Crippen LogP contribution in [0.5, 0.6) is 0 Å². The second-order valence-corrected chi connectivity index (χ2v) is 5.09. The molecule has 1 nitrogen and oxygen atoms in total. The number of Topliss-reactive ketones (excluding diaryl/α,β-unsaturated/α-hetero) is 1. The zero-order valence-corrected chi connectivity index (χ0v) is 11.7. The minimum Gasteiger partial charge on any atom is -0.294 e. The maximum atomic E-state index is 12.3. The fourth-order valence-corrected chi connectivity index (χ4v) is 2.33. The molecule has 0 amide bonds. The highest BCUT2D eigenvalue weighted by molar-refractivity contribution is 6.30. The molecule has 19 heavy (non-hydrogen) atoms. The topological polar surface area (TPSA) is 17.1 Å². The van der Waals surface area contributed by atoms with Gasteiger partial charge in [0.05, 0.1) is 0 Å². The predicted molar refractivity (Wildman–Crippen MR) is 79.9 cm³/mol. The summed E-state index contributed by atoms with van der Waals surface area (Å²) >= 11 is 5.83. The summed E-state index contributed by atoms with van der Waals surface area (Å²) in [6.07, 6.45) is 1.51. The largest absolute Gasteiger partial charge is 0.294 e. The van der Waals surface area contributed by atoms with E-state index in [0.29, 0.717) is 11.4 Å². The minimum absolute atomic E-state index is 0.173. The molecule has 0 radical (unpaired) electrons. The Morgan fingerprint density at radius 2 is 1.68 bits per heavy atom. The Kier molecular flexibility index (Phi) is 4.75. The number of benzene rings is 2. The number of hydrogen-bond acceptors (Lipinski definition) is 1. The molecule has 0 aromatic heterocycles. The molecule has 0 spiro atoms. The Bertz CT molecular complexity index is 531. The molecular formula is C17H17ClO. The second kappa shape index (κ2) is 6.53. The Balaban J connectivity index is 2.10. The van der Waals surface area contributed by atoms with Gasteiger partial charge >= 0.3 is 0 Å². The normalized spacial score (nSPS) is 12.1. The van der Waals surface area contributed by atoms with E-state index in [2.05, 4.69) is 19.1 Å². The van der Waals surface area contributed by atoms with Gasteiger partial charge in [-0.15, -0.1) is 0 Å². The van der Waals surface area contributed by atoms with Crippen molar-refractivity contribution in [1.82, 2.24) is 0 Å². The third kappa shape index (κ3) is 3.68. The monoisotopic (exact) mass is 272 g/mol. The first-order chi connectivity index (χ1) is 9.20. The lowest BCUT2D eigenvalue weighted by atomic mass is 9.90. The quantitative estimate of drug-likeness (QED) is 0.692. The number of hydrogen-bond donors (Lipinski definition) is 0. The number of carbonyl (C=O) groups is 1. The molecule has 2 heteroatoms. The van der Waals surface area contributed by atoms with Crippen molar-refractivity contribution in [2.75, 3.05) is 0 Å². The minimum atomic E-state index is 0.173. The van der Waals surface area contributed by atoms with Crippen LogP contribution in [0.15, 0.2) is 54.6 Å². The van der Waals surface area contributed by atoms with Crippen molar-refractivity contribution in [2.45, 2.75) is 25.7 Å². The Morgan fingerprint density at radius 3 is 2.26 bits per heavy atom. The summed E-state index contributed by atoms with van der Waals surface area (Å²) in [5.74, 6) is 0.455. The molecule has 0 saturated heterocycles. The summed E-state index contributed by atoms with van der Waals surface area (Å²) in [7, 11) is 0. The lowest BCUT2D eigenvalue weighted by Crippen LogP contribution is -2.07. The van der Waals surface area contributed by atoms with E-state index in [0.717, 1.165) is 12.0 Å². The Morgan fingerprint density at radius 1 is 1.05 bits per heavy atom. The van der Waals surface area contributed by atoms with Crippen LogP contribution in [0.1, 0.15) is 41.6 Å². The third-order valence-corrected chi connectivity index (χ3v) is 3.61. The zero-order valence-electron chi connectivity index (χ0n) is 11.0. The molecule has 1 unspecified atom stereocenters. The van der Waals surface area contributed by atoms with Crippen molar-refractivity contribution in [1.29, 1.82) is 0 Å². The molecule has 0 saturated carbocycles. The first kappa shape index (κ1) is 13.8. The average molecular weight is 273 g/mol. The SMILES string of the molecule is CCC(CC(=O)c1ccc(Cl)cc1)c1ccccc1. The van der Waals surface area contributed by atoms with Gasteiger partial charge in [-0.3, -0.25) is 4.79 Å². The van der Waals surface area contributed by atoms with E-state index < -0.39 is 0 Å². The van der Waals surface area contributed by atoms with Crippen LogP contribution in [0.2, 0.25) is 5.02 Å². The fraction of sp³-hybridized carbons (Fsp3) is 0.235. The number of halogens is 1. The van der Waals surface area contributed by atoms with Crippen molar-refractivity contribution in [3.05, 3.63) is 70.7 Å². The van der Waals surface area contributed by atoms with Crippen LogP contribution >= 0.6 is 11.6 Å². The Labute approximate surface area is 119 Å². The van der Waals surface area contributed by atoms with E-state index in [-0.39, 0.29) is 11.7 Å². The van der Waals surface area contributed by atoms with Crippen molar-refractivity contribution in [3.63, 3.8) is 0 Å². The molecule has 0 aliphatic carbocycles. The lowest BCUT2D eigenvalue weighted by molar-refractivity contribution is 0.0973. The summed E-state index contributed by atoms with van der Waals surface area (Å²) in [5.41, 5.74) is 1.96. The van der Waals surface area contributed by atoms with Crippen LogP contribution in [0.4, 0.5) is 0 Å². The molecule has 2 aromatic rings. The number of carbonyl (C=O) groups excluding carboxylic acids is 1. The van der Waals surface area contributed by atoms with Gasteiger partial charge in [0, 0.05) is 17.0 Å². The van der Waals surface area contributed by atoms with Crippen molar-refractivity contribution in [3.8, 4) is 0 Å². The highest BCUT2D eigenvalue weighted by atomic mass is 35.5. The highest BCUT2D eigenvalue weighted by Gasteiger charge is 2.15. The highest BCUT2D eigenvalue weighted by Crippen LogP contribution is 2.25. The molecule has 0 fully saturated rings. The average Bonchev–Trinajstić information content (AvgIpc) is 2.46. The Hall–Kier alpha value is -1.60. The zero-order chi connectivity index (χ0) is 13.7. The van der Waals surface area contributed by atoms with E-state index in [9.17, 15) is 4.79 Å². The first-order valence-electron chi connectivity index (χ1n) is 6.54. The van der Waals surface area contributed by atoms with E-state index >= 15 is 0 Å².